The molecular weight excluding hydrogens is 336 g/mol. The lowest BCUT2D eigenvalue weighted by Gasteiger charge is -2.18. The molecule has 0 unspecified atom stereocenters. The van der Waals surface area contributed by atoms with Gasteiger partial charge in [-0.3, -0.25) is 9.67 Å². The zero-order valence-corrected chi connectivity index (χ0v) is 15.0. The molecule has 5 nitrogen and oxygen atoms in total. The lowest BCUT2D eigenvalue weighted by atomic mass is 10.1. The van der Waals surface area contributed by atoms with E-state index >= 15 is 0 Å². The highest BCUT2D eigenvalue weighted by Crippen LogP contribution is 2.33. The van der Waals surface area contributed by atoms with Crippen LogP contribution in [0.2, 0.25) is 0 Å². The van der Waals surface area contributed by atoms with Gasteiger partial charge in [0.2, 0.25) is 0 Å². The number of fused-ring (bicyclic) bond motifs is 2. The van der Waals surface area contributed by atoms with Crippen molar-refractivity contribution in [1.82, 2.24) is 14.8 Å². The summed E-state index contributed by atoms with van der Waals surface area (Å²) in [5.41, 5.74) is 12.0. The van der Waals surface area contributed by atoms with E-state index in [-0.39, 0.29) is 12.1 Å². The Balaban J connectivity index is 1.43. The molecule has 0 radical (unpaired) electrons. The van der Waals surface area contributed by atoms with Crippen LogP contribution in [0.25, 0.3) is 22.0 Å². The summed E-state index contributed by atoms with van der Waals surface area (Å²) < 4.78 is 8.10. The zero-order valence-electron chi connectivity index (χ0n) is 15.0. The first-order valence-corrected chi connectivity index (χ1v) is 9.06. The number of nitrogens with zero attached hydrogens (tertiary/aromatic N) is 3. The molecule has 1 aliphatic carbocycles. The van der Waals surface area contributed by atoms with Gasteiger partial charge < -0.3 is 10.5 Å². The Morgan fingerprint density at radius 1 is 1.04 bits per heavy atom. The maximum atomic E-state index is 6.40. The summed E-state index contributed by atoms with van der Waals surface area (Å²) in [6.07, 6.45) is 6.23. The summed E-state index contributed by atoms with van der Waals surface area (Å²) in [6.45, 7) is 0. The van der Waals surface area contributed by atoms with Gasteiger partial charge in [-0.1, -0.05) is 36.4 Å². The second-order valence-corrected chi connectivity index (χ2v) is 7.04. The monoisotopic (exact) mass is 356 g/mol. The van der Waals surface area contributed by atoms with Crippen LogP contribution < -0.4 is 10.5 Å². The Hall–Kier alpha value is -3.18. The van der Waals surface area contributed by atoms with Crippen LogP contribution >= 0.6 is 0 Å². The molecule has 0 fully saturated rings. The van der Waals surface area contributed by atoms with E-state index in [2.05, 4.69) is 40.4 Å². The summed E-state index contributed by atoms with van der Waals surface area (Å²) in [7, 11) is 1.95. The third-order valence-electron chi connectivity index (χ3n) is 5.32. The highest BCUT2D eigenvalue weighted by Gasteiger charge is 2.31. The molecule has 2 heterocycles. The normalized spacial score (nSPS) is 18.6. The Bertz CT molecular complexity index is 1130. The van der Waals surface area contributed by atoms with Gasteiger partial charge in [-0.05, 0) is 28.8 Å². The van der Waals surface area contributed by atoms with Crippen molar-refractivity contribution in [3.05, 3.63) is 78.2 Å². The molecule has 0 bridgehead atoms. The number of hydrogen-bond donors (Lipinski definition) is 1. The second-order valence-electron chi connectivity index (χ2n) is 7.04. The average Bonchev–Trinajstić information content (AvgIpc) is 3.22. The van der Waals surface area contributed by atoms with Crippen LogP contribution in [-0.2, 0) is 13.5 Å². The molecule has 0 aliphatic heterocycles. The molecule has 27 heavy (non-hydrogen) atoms. The number of nitrogens with two attached hydrogens (primary N) is 1. The lowest BCUT2D eigenvalue weighted by Crippen LogP contribution is -2.27. The molecule has 4 aromatic rings. The summed E-state index contributed by atoms with van der Waals surface area (Å²) in [6, 6.07) is 16.5. The van der Waals surface area contributed by atoms with Gasteiger partial charge in [0.1, 0.15) is 11.9 Å². The van der Waals surface area contributed by atoms with E-state index < -0.39 is 0 Å². The van der Waals surface area contributed by atoms with Crippen LogP contribution in [0.4, 0.5) is 0 Å². The van der Waals surface area contributed by atoms with Crippen molar-refractivity contribution in [2.45, 2.75) is 18.6 Å². The highest BCUT2D eigenvalue weighted by molar-refractivity contribution is 5.84. The minimum absolute atomic E-state index is 0.0704. The van der Waals surface area contributed by atoms with E-state index in [4.69, 9.17) is 10.5 Å². The molecule has 5 heteroatoms. The molecule has 2 aromatic carbocycles. The summed E-state index contributed by atoms with van der Waals surface area (Å²) >= 11 is 0. The minimum Gasteiger partial charge on any atom is -0.486 e. The molecule has 0 amide bonds. The van der Waals surface area contributed by atoms with E-state index in [1.807, 2.05) is 42.3 Å². The quantitative estimate of drug-likeness (QED) is 0.609. The van der Waals surface area contributed by atoms with Gasteiger partial charge in [0.15, 0.2) is 0 Å². The Morgan fingerprint density at radius 2 is 1.93 bits per heavy atom. The molecule has 5 rings (SSSR count). The van der Waals surface area contributed by atoms with Gasteiger partial charge in [-0.2, -0.15) is 5.10 Å². The lowest BCUT2D eigenvalue weighted by molar-refractivity contribution is 0.184. The van der Waals surface area contributed by atoms with Crippen molar-refractivity contribution >= 4 is 10.9 Å². The maximum absolute atomic E-state index is 6.40. The Morgan fingerprint density at radius 3 is 2.81 bits per heavy atom. The van der Waals surface area contributed by atoms with Crippen molar-refractivity contribution in [2.75, 3.05) is 0 Å². The Labute approximate surface area is 157 Å². The van der Waals surface area contributed by atoms with Crippen LogP contribution in [0.5, 0.6) is 5.75 Å². The number of benzene rings is 2. The fourth-order valence-corrected chi connectivity index (χ4v) is 3.84. The van der Waals surface area contributed by atoms with Crippen molar-refractivity contribution in [3.8, 4) is 16.9 Å². The van der Waals surface area contributed by atoms with Gasteiger partial charge in [-0.15, -0.1) is 0 Å². The molecule has 2 aromatic heterocycles. The van der Waals surface area contributed by atoms with Gasteiger partial charge in [0.25, 0.3) is 0 Å². The molecule has 2 N–H and O–H groups in total. The molecular formula is C22H20N4O. The van der Waals surface area contributed by atoms with Crippen LogP contribution in [0.3, 0.4) is 0 Å². The first-order valence-electron chi connectivity index (χ1n) is 9.06. The second kappa shape index (κ2) is 6.21. The minimum atomic E-state index is -0.115. The number of pyridine rings is 1. The fourth-order valence-electron chi connectivity index (χ4n) is 3.84. The third kappa shape index (κ3) is 2.76. The first-order chi connectivity index (χ1) is 13.2. The van der Waals surface area contributed by atoms with Gasteiger partial charge >= 0.3 is 0 Å². The van der Waals surface area contributed by atoms with Crippen molar-refractivity contribution in [1.29, 1.82) is 0 Å². The first kappa shape index (κ1) is 16.0. The number of aromatic nitrogens is 3. The largest absolute Gasteiger partial charge is 0.486 e. The van der Waals surface area contributed by atoms with E-state index in [1.165, 1.54) is 11.1 Å². The molecule has 0 saturated carbocycles. The zero-order chi connectivity index (χ0) is 18.4. The van der Waals surface area contributed by atoms with Gasteiger partial charge in [-0.25, -0.2) is 0 Å². The van der Waals surface area contributed by atoms with E-state index in [0.717, 1.165) is 34.2 Å². The topological polar surface area (TPSA) is 66.0 Å². The van der Waals surface area contributed by atoms with Crippen molar-refractivity contribution in [3.63, 3.8) is 0 Å². The van der Waals surface area contributed by atoms with Crippen LogP contribution in [0.15, 0.2) is 67.1 Å². The SMILES string of the molecule is Cn1ncc2ccc(-c3cncc(O[C@@H]4Cc5ccccc5[C@@H]4N)c3)cc21. The average molecular weight is 356 g/mol. The molecule has 134 valence electrons. The smallest absolute Gasteiger partial charge is 0.138 e. The summed E-state index contributed by atoms with van der Waals surface area (Å²) in [4.78, 5) is 4.38. The number of hydrogen-bond acceptors (Lipinski definition) is 4. The summed E-state index contributed by atoms with van der Waals surface area (Å²) in [5, 5.41) is 5.43. The third-order valence-corrected chi connectivity index (χ3v) is 5.32. The summed E-state index contributed by atoms with van der Waals surface area (Å²) in [5.74, 6) is 0.742. The standard InChI is InChI=1S/C22H20N4O/c1-26-20-9-14(6-7-16(20)12-25-26)17-8-18(13-24-11-17)27-21-10-15-4-2-3-5-19(15)22(21)23/h2-9,11-13,21-22H,10,23H2,1H3/t21-,22+/m1/s1. The number of aryl methyl sites for hydroxylation is 1. The van der Waals surface area contributed by atoms with Gasteiger partial charge in [0.05, 0.1) is 24.0 Å². The van der Waals surface area contributed by atoms with Crippen LogP contribution in [0.1, 0.15) is 17.2 Å². The fraction of sp³-hybridized carbons (Fsp3) is 0.182. The van der Waals surface area contributed by atoms with Crippen LogP contribution in [0, 0.1) is 0 Å². The van der Waals surface area contributed by atoms with Crippen LogP contribution in [-0.4, -0.2) is 20.9 Å². The van der Waals surface area contributed by atoms with Crippen molar-refractivity contribution < 1.29 is 4.74 Å². The molecule has 2 atom stereocenters. The molecule has 1 aliphatic rings. The number of ether oxygens (including phenoxy) is 1. The predicted molar refractivity (Wildman–Crippen MR) is 105 cm³/mol. The van der Waals surface area contributed by atoms with Gasteiger partial charge in [0, 0.05) is 30.6 Å². The van der Waals surface area contributed by atoms with E-state index in [9.17, 15) is 0 Å². The molecule has 0 spiro atoms. The molecule has 0 saturated heterocycles. The predicted octanol–water partition coefficient (Wildman–Crippen LogP) is 3.64. The van der Waals surface area contributed by atoms with E-state index in [0.29, 0.717) is 0 Å². The van der Waals surface area contributed by atoms with Crippen molar-refractivity contribution in [2.24, 2.45) is 12.8 Å². The highest BCUT2D eigenvalue weighted by atomic mass is 16.5. The van der Waals surface area contributed by atoms with E-state index in [1.54, 1.807) is 6.20 Å². The Kier molecular flexibility index (Phi) is 3.69. The maximum Gasteiger partial charge on any atom is 0.138 e. The number of rotatable bonds is 3.